The molecule has 1 fully saturated rings. The van der Waals surface area contributed by atoms with Gasteiger partial charge >= 0.3 is 0 Å². The van der Waals surface area contributed by atoms with Gasteiger partial charge in [-0.3, -0.25) is 4.79 Å². The van der Waals surface area contributed by atoms with Crippen molar-refractivity contribution in [1.82, 2.24) is 0 Å². The SMILES string of the molecule is Cl.Cl.NC(CC(=O)Nc1c(F)cccc1N1CCCC1)c1ccccc1. The lowest BCUT2D eigenvalue weighted by molar-refractivity contribution is -0.116. The molecule has 4 nitrogen and oxygen atoms in total. The molecule has 0 saturated carbocycles. The third-order valence-electron chi connectivity index (χ3n) is 4.34. The van der Waals surface area contributed by atoms with Crippen LogP contribution in [0.15, 0.2) is 48.5 Å². The van der Waals surface area contributed by atoms with Gasteiger partial charge in [0.25, 0.3) is 0 Å². The second-order valence-electron chi connectivity index (χ2n) is 6.10. The van der Waals surface area contributed by atoms with E-state index in [1.165, 1.54) is 6.07 Å². The van der Waals surface area contributed by atoms with Crippen LogP contribution in [0, 0.1) is 5.82 Å². The maximum Gasteiger partial charge on any atom is 0.226 e. The summed E-state index contributed by atoms with van der Waals surface area (Å²) < 4.78 is 14.3. The zero-order valence-electron chi connectivity index (χ0n) is 14.4. The molecule has 3 rings (SSSR count). The van der Waals surface area contributed by atoms with E-state index in [9.17, 15) is 9.18 Å². The maximum atomic E-state index is 14.3. The van der Waals surface area contributed by atoms with Crippen molar-refractivity contribution in [2.75, 3.05) is 23.3 Å². The summed E-state index contributed by atoms with van der Waals surface area (Å²) in [6.45, 7) is 1.77. The van der Waals surface area contributed by atoms with Crippen LogP contribution in [-0.2, 0) is 4.79 Å². The van der Waals surface area contributed by atoms with E-state index in [0.29, 0.717) is 0 Å². The number of hydrogen-bond acceptors (Lipinski definition) is 3. The minimum atomic E-state index is -0.416. The van der Waals surface area contributed by atoms with Crippen LogP contribution < -0.4 is 16.0 Å². The van der Waals surface area contributed by atoms with Crippen LogP contribution in [0.25, 0.3) is 0 Å². The average Bonchev–Trinajstić information content (AvgIpc) is 3.12. The van der Waals surface area contributed by atoms with Crippen molar-refractivity contribution < 1.29 is 9.18 Å². The molecular formula is C19H24Cl2FN3O. The molecule has 0 radical (unpaired) electrons. The van der Waals surface area contributed by atoms with E-state index in [-0.39, 0.29) is 42.8 Å². The summed E-state index contributed by atoms with van der Waals surface area (Å²) in [5, 5.41) is 2.72. The fourth-order valence-corrected chi connectivity index (χ4v) is 3.07. The first-order valence-electron chi connectivity index (χ1n) is 8.29. The van der Waals surface area contributed by atoms with E-state index in [1.807, 2.05) is 36.4 Å². The van der Waals surface area contributed by atoms with Crippen molar-refractivity contribution >= 4 is 42.1 Å². The Balaban J connectivity index is 0.00000169. The molecule has 3 N–H and O–H groups in total. The van der Waals surface area contributed by atoms with Crippen LogP contribution in [0.1, 0.15) is 30.9 Å². The fraction of sp³-hybridized carbons (Fsp3) is 0.316. The Hall–Kier alpha value is -1.82. The van der Waals surface area contributed by atoms with Gasteiger partial charge in [0.1, 0.15) is 11.5 Å². The van der Waals surface area contributed by atoms with Crippen molar-refractivity contribution in [2.45, 2.75) is 25.3 Å². The number of para-hydroxylation sites is 1. The maximum absolute atomic E-state index is 14.3. The molecule has 1 heterocycles. The van der Waals surface area contributed by atoms with Gasteiger partial charge in [-0.2, -0.15) is 0 Å². The summed E-state index contributed by atoms with van der Waals surface area (Å²) in [6, 6.07) is 13.9. The number of carbonyl (C=O) groups excluding carboxylic acids is 1. The topological polar surface area (TPSA) is 58.4 Å². The largest absolute Gasteiger partial charge is 0.370 e. The number of halogens is 3. The molecular weight excluding hydrogens is 376 g/mol. The van der Waals surface area contributed by atoms with Crippen molar-refractivity contribution in [3.05, 3.63) is 59.9 Å². The Labute approximate surface area is 165 Å². The van der Waals surface area contributed by atoms with Gasteiger partial charge in [0, 0.05) is 25.6 Å². The number of nitrogens with two attached hydrogens (primary N) is 1. The minimum absolute atomic E-state index is 0. The van der Waals surface area contributed by atoms with E-state index in [2.05, 4.69) is 10.2 Å². The van der Waals surface area contributed by atoms with Crippen molar-refractivity contribution in [1.29, 1.82) is 0 Å². The third kappa shape index (κ3) is 5.34. The van der Waals surface area contributed by atoms with Gasteiger partial charge in [0.05, 0.1) is 5.69 Å². The summed E-state index contributed by atoms with van der Waals surface area (Å²) in [5.74, 6) is -0.696. The molecule has 1 amide bonds. The normalized spacial score (nSPS) is 14.2. The first kappa shape index (κ1) is 22.2. The molecule has 142 valence electrons. The zero-order chi connectivity index (χ0) is 16.9. The van der Waals surface area contributed by atoms with E-state index < -0.39 is 11.9 Å². The summed E-state index contributed by atoms with van der Waals surface area (Å²) >= 11 is 0. The highest BCUT2D eigenvalue weighted by molar-refractivity contribution is 5.95. The molecule has 2 aromatic carbocycles. The first-order valence-corrected chi connectivity index (χ1v) is 8.29. The van der Waals surface area contributed by atoms with E-state index in [1.54, 1.807) is 6.07 Å². The Kier molecular flexibility index (Phi) is 8.85. The predicted molar refractivity (Wildman–Crippen MR) is 109 cm³/mol. The molecule has 1 aliphatic heterocycles. The van der Waals surface area contributed by atoms with Gasteiger partial charge in [-0.15, -0.1) is 24.8 Å². The van der Waals surface area contributed by atoms with Gasteiger partial charge < -0.3 is 16.0 Å². The van der Waals surface area contributed by atoms with Crippen molar-refractivity contribution in [3.8, 4) is 0 Å². The summed E-state index contributed by atoms with van der Waals surface area (Å²) in [6.07, 6.45) is 2.28. The van der Waals surface area contributed by atoms with Crippen LogP contribution in [0.5, 0.6) is 0 Å². The van der Waals surface area contributed by atoms with E-state index in [4.69, 9.17) is 5.73 Å². The molecule has 1 unspecified atom stereocenters. The number of carbonyl (C=O) groups is 1. The van der Waals surface area contributed by atoms with Crippen LogP contribution in [0.3, 0.4) is 0 Å². The molecule has 2 aromatic rings. The number of nitrogens with zero attached hydrogens (tertiary/aromatic N) is 1. The smallest absolute Gasteiger partial charge is 0.226 e. The number of amides is 1. The molecule has 1 atom stereocenters. The second-order valence-corrected chi connectivity index (χ2v) is 6.10. The van der Waals surface area contributed by atoms with E-state index >= 15 is 0 Å². The zero-order valence-corrected chi connectivity index (χ0v) is 16.0. The van der Waals surface area contributed by atoms with Gasteiger partial charge in [-0.05, 0) is 30.5 Å². The standard InChI is InChI=1S/C19H22FN3O.2ClH/c20-15-9-6-10-17(23-11-4-5-12-23)19(15)22-18(24)13-16(21)14-7-2-1-3-8-14;;/h1-3,6-10,16H,4-5,11-13,21H2,(H,22,24);2*1H. The number of hydrogen-bond donors (Lipinski definition) is 2. The molecule has 0 bridgehead atoms. The number of benzene rings is 2. The monoisotopic (exact) mass is 399 g/mol. The van der Waals surface area contributed by atoms with Gasteiger partial charge in [0.15, 0.2) is 0 Å². The number of anilines is 2. The Morgan fingerprint density at radius 1 is 1.08 bits per heavy atom. The molecule has 0 spiro atoms. The van der Waals surface area contributed by atoms with Crippen molar-refractivity contribution in [2.24, 2.45) is 5.73 Å². The number of nitrogens with one attached hydrogen (secondary N) is 1. The highest BCUT2D eigenvalue weighted by atomic mass is 35.5. The Morgan fingerprint density at radius 2 is 1.73 bits per heavy atom. The molecule has 0 aliphatic carbocycles. The summed E-state index contributed by atoms with van der Waals surface area (Å²) in [7, 11) is 0. The Bertz CT molecular complexity index is 709. The molecule has 0 aromatic heterocycles. The highest BCUT2D eigenvalue weighted by Crippen LogP contribution is 2.31. The van der Waals surface area contributed by atoms with Gasteiger partial charge in [0.2, 0.25) is 5.91 Å². The highest BCUT2D eigenvalue weighted by Gasteiger charge is 2.20. The van der Waals surface area contributed by atoms with E-state index in [0.717, 1.165) is 37.2 Å². The van der Waals surface area contributed by atoms with Gasteiger partial charge in [-0.1, -0.05) is 36.4 Å². The van der Waals surface area contributed by atoms with Crippen molar-refractivity contribution in [3.63, 3.8) is 0 Å². The van der Waals surface area contributed by atoms with Crippen LogP contribution in [0.4, 0.5) is 15.8 Å². The molecule has 1 aliphatic rings. The minimum Gasteiger partial charge on any atom is -0.370 e. The number of rotatable bonds is 5. The lowest BCUT2D eigenvalue weighted by Crippen LogP contribution is -2.24. The first-order chi connectivity index (χ1) is 11.6. The fourth-order valence-electron chi connectivity index (χ4n) is 3.07. The van der Waals surface area contributed by atoms with Gasteiger partial charge in [-0.25, -0.2) is 4.39 Å². The third-order valence-corrected chi connectivity index (χ3v) is 4.34. The second kappa shape index (κ2) is 10.4. The van der Waals surface area contributed by atoms with Crippen LogP contribution in [-0.4, -0.2) is 19.0 Å². The van der Waals surface area contributed by atoms with Crippen LogP contribution in [0.2, 0.25) is 0 Å². The Morgan fingerprint density at radius 3 is 2.38 bits per heavy atom. The quantitative estimate of drug-likeness (QED) is 0.787. The molecule has 1 saturated heterocycles. The lowest BCUT2D eigenvalue weighted by Gasteiger charge is -2.22. The van der Waals surface area contributed by atoms with Crippen LogP contribution >= 0.6 is 24.8 Å². The molecule has 26 heavy (non-hydrogen) atoms. The molecule has 7 heteroatoms. The lowest BCUT2D eigenvalue weighted by atomic mass is 10.0. The summed E-state index contributed by atoms with van der Waals surface area (Å²) in [4.78, 5) is 14.4. The average molecular weight is 400 g/mol. The predicted octanol–water partition coefficient (Wildman–Crippen LogP) is 4.30. The summed E-state index contributed by atoms with van der Waals surface area (Å²) in [5.41, 5.74) is 7.97.